The Morgan fingerprint density at radius 1 is 1.23 bits per heavy atom. The molecule has 1 fully saturated rings. The number of aliphatic hydroxyl groups is 1. The van der Waals surface area contributed by atoms with Crippen molar-refractivity contribution in [2.24, 2.45) is 5.92 Å². The SMILES string of the molecule is Cc1cc(I)ccc1Nc1c(C(=O)NOCC2CC2)cc(S(=O)(=O)N(CCCO)Cc2cccnc2)c(F)c1F. The van der Waals surface area contributed by atoms with Crippen molar-refractivity contribution in [3.63, 3.8) is 0 Å². The summed E-state index contributed by atoms with van der Waals surface area (Å²) in [5, 5.41) is 12.1. The van der Waals surface area contributed by atoms with Gasteiger partial charge in [0.2, 0.25) is 10.0 Å². The van der Waals surface area contributed by atoms with E-state index in [4.69, 9.17) is 4.84 Å². The van der Waals surface area contributed by atoms with Crippen LogP contribution in [0.5, 0.6) is 0 Å². The highest BCUT2D eigenvalue weighted by Crippen LogP contribution is 2.34. The number of aryl methyl sites for hydroxylation is 1. The minimum absolute atomic E-state index is 0.0532. The number of halogens is 3. The number of amides is 1. The minimum atomic E-state index is -4.68. The van der Waals surface area contributed by atoms with E-state index in [1.165, 1.54) is 12.4 Å². The average Bonchev–Trinajstić information content (AvgIpc) is 3.75. The zero-order valence-electron chi connectivity index (χ0n) is 21.7. The molecule has 1 amide bonds. The smallest absolute Gasteiger partial charge is 0.277 e. The van der Waals surface area contributed by atoms with Crippen molar-refractivity contribution < 1.29 is 31.9 Å². The second-order valence-electron chi connectivity index (χ2n) is 9.47. The predicted molar refractivity (Wildman–Crippen MR) is 153 cm³/mol. The Hall–Kier alpha value is -2.72. The molecule has 0 unspecified atom stereocenters. The lowest BCUT2D eigenvalue weighted by atomic mass is 10.1. The van der Waals surface area contributed by atoms with Gasteiger partial charge in [-0.25, -0.2) is 22.7 Å². The third-order valence-corrected chi connectivity index (χ3v) is 8.83. The van der Waals surface area contributed by atoms with E-state index in [2.05, 4.69) is 38.4 Å². The monoisotopic (exact) mass is 686 g/mol. The Labute approximate surface area is 245 Å². The molecule has 1 aliphatic rings. The number of aliphatic hydroxyl groups excluding tert-OH is 1. The topological polar surface area (TPSA) is 121 Å². The summed E-state index contributed by atoms with van der Waals surface area (Å²) in [4.78, 5) is 21.4. The number of sulfonamides is 1. The molecule has 2 aromatic carbocycles. The van der Waals surface area contributed by atoms with E-state index in [1.807, 2.05) is 6.07 Å². The Morgan fingerprint density at radius 2 is 2.00 bits per heavy atom. The van der Waals surface area contributed by atoms with Gasteiger partial charge in [0.1, 0.15) is 4.90 Å². The second kappa shape index (κ2) is 13.3. The minimum Gasteiger partial charge on any atom is -0.396 e. The van der Waals surface area contributed by atoms with Crippen LogP contribution in [-0.4, -0.2) is 48.5 Å². The Morgan fingerprint density at radius 3 is 2.65 bits per heavy atom. The lowest BCUT2D eigenvalue weighted by molar-refractivity contribution is 0.0270. The number of carbonyl (C=O) groups is 1. The van der Waals surface area contributed by atoms with Gasteiger partial charge >= 0.3 is 0 Å². The van der Waals surface area contributed by atoms with Crippen LogP contribution in [0.3, 0.4) is 0 Å². The number of pyridine rings is 1. The molecule has 40 heavy (non-hydrogen) atoms. The maximum Gasteiger partial charge on any atom is 0.277 e. The molecule has 0 aliphatic heterocycles. The Balaban J connectivity index is 1.77. The molecule has 0 bridgehead atoms. The average molecular weight is 687 g/mol. The molecular formula is C27H29F2IN4O5S. The lowest BCUT2D eigenvalue weighted by Crippen LogP contribution is -2.33. The fraction of sp³-hybridized carbons (Fsp3) is 0.333. The van der Waals surface area contributed by atoms with E-state index in [0.29, 0.717) is 22.7 Å². The van der Waals surface area contributed by atoms with Crippen LogP contribution in [0, 0.1) is 28.0 Å². The van der Waals surface area contributed by atoms with Gasteiger partial charge in [-0.15, -0.1) is 0 Å². The van der Waals surface area contributed by atoms with Gasteiger partial charge in [0, 0.05) is 41.3 Å². The predicted octanol–water partition coefficient (Wildman–Crippen LogP) is 4.66. The first-order valence-electron chi connectivity index (χ1n) is 12.6. The molecule has 1 heterocycles. The molecular weight excluding hydrogens is 657 g/mol. The first kappa shape index (κ1) is 30.2. The van der Waals surface area contributed by atoms with Crippen molar-refractivity contribution in [1.82, 2.24) is 14.8 Å². The highest BCUT2D eigenvalue weighted by Gasteiger charge is 2.33. The fourth-order valence-electron chi connectivity index (χ4n) is 3.92. The van der Waals surface area contributed by atoms with E-state index >= 15 is 8.78 Å². The number of hydrogen-bond acceptors (Lipinski definition) is 7. The van der Waals surface area contributed by atoms with Gasteiger partial charge in [-0.1, -0.05) is 6.07 Å². The van der Waals surface area contributed by atoms with Crippen LogP contribution in [0.4, 0.5) is 20.2 Å². The number of anilines is 2. The maximum absolute atomic E-state index is 15.7. The molecule has 3 aromatic rings. The third kappa shape index (κ3) is 7.32. The summed E-state index contributed by atoms with van der Waals surface area (Å²) in [6, 6.07) is 9.27. The number of nitrogens with one attached hydrogen (secondary N) is 2. The van der Waals surface area contributed by atoms with Crippen LogP contribution >= 0.6 is 22.6 Å². The number of carbonyl (C=O) groups excluding carboxylic acids is 1. The molecule has 0 atom stereocenters. The molecule has 13 heteroatoms. The van der Waals surface area contributed by atoms with E-state index in [1.54, 1.807) is 31.2 Å². The first-order chi connectivity index (χ1) is 19.1. The number of aromatic nitrogens is 1. The van der Waals surface area contributed by atoms with E-state index in [0.717, 1.165) is 26.8 Å². The van der Waals surface area contributed by atoms with Crippen molar-refractivity contribution in [3.8, 4) is 0 Å². The molecule has 1 saturated carbocycles. The molecule has 1 aliphatic carbocycles. The van der Waals surface area contributed by atoms with Crippen molar-refractivity contribution in [2.45, 2.75) is 37.6 Å². The Bertz CT molecular complexity index is 1470. The van der Waals surface area contributed by atoms with Crippen LogP contribution in [0.2, 0.25) is 0 Å². The van der Waals surface area contributed by atoms with Gasteiger partial charge in [0.25, 0.3) is 5.91 Å². The number of rotatable bonds is 13. The summed E-state index contributed by atoms with van der Waals surface area (Å²) < 4.78 is 60.6. The fourth-order valence-corrected chi connectivity index (χ4v) is 6.12. The quantitative estimate of drug-likeness (QED) is 0.177. The van der Waals surface area contributed by atoms with Crippen LogP contribution in [0.25, 0.3) is 0 Å². The van der Waals surface area contributed by atoms with Crippen molar-refractivity contribution in [3.05, 3.63) is 80.7 Å². The zero-order valence-corrected chi connectivity index (χ0v) is 24.6. The summed E-state index contributed by atoms with van der Waals surface area (Å²) in [6.45, 7) is 1.31. The molecule has 1 aromatic heterocycles. The van der Waals surface area contributed by atoms with Gasteiger partial charge < -0.3 is 10.4 Å². The first-order valence-corrected chi connectivity index (χ1v) is 15.1. The van der Waals surface area contributed by atoms with E-state index < -0.39 is 43.7 Å². The van der Waals surface area contributed by atoms with Gasteiger partial charge in [-0.3, -0.25) is 14.6 Å². The normalized spacial score (nSPS) is 13.4. The second-order valence-corrected chi connectivity index (χ2v) is 12.6. The summed E-state index contributed by atoms with van der Waals surface area (Å²) in [6.07, 6.45) is 4.94. The van der Waals surface area contributed by atoms with Crippen LogP contribution in [-0.2, 0) is 21.4 Å². The van der Waals surface area contributed by atoms with E-state index in [9.17, 15) is 18.3 Å². The molecule has 214 valence electrons. The van der Waals surface area contributed by atoms with Crippen LogP contribution in [0.1, 0.15) is 40.7 Å². The number of hydroxylamine groups is 1. The van der Waals surface area contributed by atoms with E-state index in [-0.39, 0.29) is 32.7 Å². The number of hydrogen-bond donors (Lipinski definition) is 3. The van der Waals surface area contributed by atoms with Gasteiger partial charge in [0.05, 0.1) is 17.9 Å². The zero-order chi connectivity index (χ0) is 28.9. The molecule has 9 nitrogen and oxygen atoms in total. The van der Waals surface area contributed by atoms with Gasteiger partial charge in [-0.05, 0) is 96.2 Å². The molecule has 0 radical (unpaired) electrons. The molecule has 0 saturated heterocycles. The summed E-state index contributed by atoms with van der Waals surface area (Å²) >= 11 is 2.11. The third-order valence-electron chi connectivity index (χ3n) is 6.31. The van der Waals surface area contributed by atoms with Crippen molar-refractivity contribution >= 4 is 49.9 Å². The summed E-state index contributed by atoms with van der Waals surface area (Å²) in [5.41, 5.74) is 2.86. The number of nitrogens with zero attached hydrogens (tertiary/aromatic N) is 2. The highest BCUT2D eigenvalue weighted by atomic mass is 127. The Kier molecular flexibility index (Phi) is 10.1. The van der Waals surface area contributed by atoms with Crippen molar-refractivity contribution in [2.75, 3.05) is 25.1 Å². The number of benzene rings is 2. The maximum atomic E-state index is 15.7. The van der Waals surface area contributed by atoms with Gasteiger partial charge in [-0.2, -0.15) is 4.31 Å². The highest BCUT2D eigenvalue weighted by molar-refractivity contribution is 14.1. The van der Waals surface area contributed by atoms with Crippen LogP contribution < -0.4 is 10.8 Å². The molecule has 4 rings (SSSR count). The van der Waals surface area contributed by atoms with Crippen molar-refractivity contribution in [1.29, 1.82) is 0 Å². The van der Waals surface area contributed by atoms with Gasteiger partial charge in [0.15, 0.2) is 11.6 Å². The summed E-state index contributed by atoms with van der Waals surface area (Å²) in [5.74, 6) is -3.80. The lowest BCUT2D eigenvalue weighted by Gasteiger charge is -2.24. The standard InChI is InChI=1S/C27H29F2IN4O5S/c1-17-12-20(30)7-8-22(17)32-26-21(27(36)33-39-16-18-5-6-18)13-23(24(28)25(26)29)40(37,38)34(10-3-11-35)15-19-4-2-9-31-14-19/h2,4,7-9,12-14,18,32,35H,3,5-6,10-11,15-16H2,1H3,(H,33,36). The molecule has 3 N–H and O–H groups in total. The largest absolute Gasteiger partial charge is 0.396 e. The van der Waals surface area contributed by atoms with Crippen LogP contribution in [0.15, 0.2) is 53.7 Å². The summed E-state index contributed by atoms with van der Waals surface area (Å²) in [7, 11) is -4.68. The molecule has 0 spiro atoms.